The third-order valence-corrected chi connectivity index (χ3v) is 2.48. The molecule has 82 valence electrons. The minimum Gasteiger partial charge on any atom is -0.391 e. The number of benzene rings is 1. The lowest BCUT2D eigenvalue weighted by atomic mass is 10.0. The van der Waals surface area contributed by atoms with Crippen LogP contribution in [-0.4, -0.2) is 16.2 Å². The van der Waals surface area contributed by atoms with Crippen LogP contribution in [-0.2, 0) is 0 Å². The van der Waals surface area contributed by atoms with Crippen molar-refractivity contribution in [2.24, 2.45) is 5.73 Å². The monoisotopic (exact) mass is 226 g/mol. The molecule has 0 bridgehead atoms. The lowest BCUT2D eigenvalue weighted by Crippen LogP contribution is -2.22. The molecule has 0 saturated heterocycles. The number of aromatic amines is 1. The van der Waals surface area contributed by atoms with Gasteiger partial charge in [0.25, 0.3) is 0 Å². The second kappa shape index (κ2) is 4.66. The van der Waals surface area contributed by atoms with Crippen LogP contribution in [0.3, 0.4) is 0 Å². The number of hydrogen-bond donors (Lipinski definition) is 3. The first-order valence-electron chi connectivity index (χ1n) is 4.69. The molecule has 4 N–H and O–H groups in total. The lowest BCUT2D eigenvalue weighted by Gasteiger charge is -2.14. The van der Waals surface area contributed by atoms with Crippen molar-refractivity contribution in [2.75, 3.05) is 0 Å². The molecule has 0 spiro atoms. The third kappa shape index (κ3) is 2.31. The van der Waals surface area contributed by atoms with Crippen LogP contribution < -0.4 is 5.73 Å². The average molecular weight is 227 g/mol. The fourth-order valence-electron chi connectivity index (χ4n) is 1.55. The summed E-state index contributed by atoms with van der Waals surface area (Å²) in [6.07, 6.45) is 1.37. The number of fused-ring (bicyclic) bond motifs is 1. The molecule has 4 heteroatoms. The zero-order chi connectivity index (χ0) is 10.1. The van der Waals surface area contributed by atoms with Crippen LogP contribution in [0, 0.1) is 0 Å². The summed E-state index contributed by atoms with van der Waals surface area (Å²) in [6, 6.07) is 7.62. The highest BCUT2D eigenvalue weighted by Crippen LogP contribution is 2.19. The van der Waals surface area contributed by atoms with Crippen LogP contribution in [0.25, 0.3) is 10.9 Å². The summed E-state index contributed by atoms with van der Waals surface area (Å²) >= 11 is 0. The molecule has 0 fully saturated rings. The Hall–Kier alpha value is -1.03. The number of aromatic nitrogens is 1. The SMILES string of the molecule is C[C@H](O)[C@H](N)c1ccc2cc[nH]c2c1.Cl. The molecule has 0 amide bonds. The number of nitrogens with two attached hydrogens (primary N) is 1. The summed E-state index contributed by atoms with van der Waals surface area (Å²) in [4.78, 5) is 3.12. The number of nitrogens with one attached hydrogen (secondary N) is 1. The number of aliphatic hydroxyl groups is 1. The second-order valence-electron chi connectivity index (χ2n) is 3.59. The minimum absolute atomic E-state index is 0. The highest BCUT2D eigenvalue weighted by Gasteiger charge is 2.11. The topological polar surface area (TPSA) is 62.0 Å². The predicted molar refractivity (Wildman–Crippen MR) is 64.2 cm³/mol. The Labute approximate surface area is 94.7 Å². The number of rotatable bonds is 2. The number of halogens is 1. The van der Waals surface area contributed by atoms with Gasteiger partial charge in [0, 0.05) is 11.7 Å². The fraction of sp³-hybridized carbons (Fsp3) is 0.273. The molecule has 2 aromatic rings. The van der Waals surface area contributed by atoms with Crippen LogP contribution >= 0.6 is 12.4 Å². The molecule has 0 saturated carbocycles. The molecule has 1 aromatic heterocycles. The van der Waals surface area contributed by atoms with Crippen LogP contribution in [0.4, 0.5) is 0 Å². The highest BCUT2D eigenvalue weighted by atomic mass is 35.5. The van der Waals surface area contributed by atoms with Crippen molar-refractivity contribution in [3.05, 3.63) is 36.0 Å². The summed E-state index contributed by atoms with van der Waals surface area (Å²) in [6.45, 7) is 1.70. The Balaban J connectivity index is 0.00000112. The Bertz CT molecular complexity index is 439. The summed E-state index contributed by atoms with van der Waals surface area (Å²) in [5.41, 5.74) is 7.84. The third-order valence-electron chi connectivity index (χ3n) is 2.48. The maximum absolute atomic E-state index is 9.36. The molecular weight excluding hydrogens is 212 g/mol. The summed E-state index contributed by atoms with van der Waals surface area (Å²) in [5, 5.41) is 10.5. The largest absolute Gasteiger partial charge is 0.391 e. The van der Waals surface area contributed by atoms with Crippen LogP contribution in [0.1, 0.15) is 18.5 Å². The van der Waals surface area contributed by atoms with E-state index in [2.05, 4.69) is 4.98 Å². The van der Waals surface area contributed by atoms with Crippen LogP contribution in [0.2, 0.25) is 0 Å². The van der Waals surface area contributed by atoms with Crippen LogP contribution in [0.5, 0.6) is 0 Å². The first kappa shape index (κ1) is 12.0. The van der Waals surface area contributed by atoms with Crippen LogP contribution in [0.15, 0.2) is 30.5 Å². The highest BCUT2D eigenvalue weighted by molar-refractivity contribution is 5.85. The minimum atomic E-state index is -0.526. The normalized spacial score (nSPS) is 14.6. The van der Waals surface area contributed by atoms with Crippen molar-refractivity contribution in [1.29, 1.82) is 0 Å². The van der Waals surface area contributed by atoms with E-state index in [-0.39, 0.29) is 18.4 Å². The average Bonchev–Trinajstić information content (AvgIpc) is 2.62. The van der Waals surface area contributed by atoms with Crippen molar-refractivity contribution in [3.63, 3.8) is 0 Å². The van der Waals surface area contributed by atoms with Gasteiger partial charge in [-0.2, -0.15) is 0 Å². The van der Waals surface area contributed by atoms with Crippen molar-refractivity contribution in [2.45, 2.75) is 19.1 Å². The van der Waals surface area contributed by atoms with E-state index >= 15 is 0 Å². The molecular formula is C11H15ClN2O. The lowest BCUT2D eigenvalue weighted by molar-refractivity contribution is 0.164. The quantitative estimate of drug-likeness (QED) is 0.733. The van der Waals surface area contributed by atoms with Gasteiger partial charge in [-0.25, -0.2) is 0 Å². The summed E-state index contributed by atoms with van der Waals surface area (Å²) < 4.78 is 0. The molecule has 0 aliphatic heterocycles. The van der Waals surface area contributed by atoms with Crippen molar-refractivity contribution >= 4 is 23.3 Å². The Kier molecular flexibility index (Phi) is 3.74. The Morgan fingerprint density at radius 2 is 2.07 bits per heavy atom. The molecule has 2 atom stereocenters. The summed E-state index contributed by atoms with van der Waals surface area (Å²) in [7, 11) is 0. The molecule has 0 aliphatic carbocycles. The smallest absolute Gasteiger partial charge is 0.0704 e. The standard InChI is InChI=1S/C11H14N2O.ClH/c1-7(14)11(12)9-3-2-8-4-5-13-10(8)6-9;/h2-7,11,13-14H,12H2,1H3;1H/t7-,11-;/m0./s1. The maximum Gasteiger partial charge on any atom is 0.0704 e. The number of hydrogen-bond acceptors (Lipinski definition) is 2. The first-order chi connectivity index (χ1) is 6.68. The molecule has 0 unspecified atom stereocenters. The van der Waals surface area contributed by atoms with E-state index in [0.29, 0.717) is 0 Å². The van der Waals surface area contributed by atoms with Crippen molar-refractivity contribution in [1.82, 2.24) is 4.98 Å². The summed E-state index contributed by atoms with van der Waals surface area (Å²) in [5.74, 6) is 0. The van der Waals surface area contributed by atoms with Crippen molar-refractivity contribution < 1.29 is 5.11 Å². The Morgan fingerprint density at radius 1 is 1.33 bits per heavy atom. The first-order valence-corrected chi connectivity index (χ1v) is 4.69. The Morgan fingerprint density at radius 3 is 2.73 bits per heavy atom. The van der Waals surface area contributed by atoms with E-state index in [1.165, 1.54) is 0 Å². The van der Waals surface area contributed by atoms with Gasteiger partial charge in [-0.3, -0.25) is 0 Å². The van der Waals surface area contributed by atoms with E-state index in [4.69, 9.17) is 5.73 Å². The fourth-order valence-corrected chi connectivity index (χ4v) is 1.55. The van der Waals surface area contributed by atoms with Gasteiger partial charge < -0.3 is 15.8 Å². The molecule has 15 heavy (non-hydrogen) atoms. The van der Waals surface area contributed by atoms with E-state index in [9.17, 15) is 5.11 Å². The zero-order valence-electron chi connectivity index (χ0n) is 8.47. The van der Waals surface area contributed by atoms with Gasteiger partial charge in [-0.05, 0) is 30.0 Å². The molecule has 0 radical (unpaired) electrons. The van der Waals surface area contributed by atoms with Gasteiger partial charge in [-0.15, -0.1) is 12.4 Å². The van der Waals surface area contributed by atoms with Gasteiger partial charge in [0.05, 0.1) is 12.1 Å². The van der Waals surface area contributed by atoms with Gasteiger partial charge in [0.15, 0.2) is 0 Å². The van der Waals surface area contributed by atoms with E-state index in [1.54, 1.807) is 6.92 Å². The maximum atomic E-state index is 9.36. The molecule has 1 heterocycles. The second-order valence-corrected chi connectivity index (χ2v) is 3.59. The van der Waals surface area contributed by atoms with Gasteiger partial charge in [0.2, 0.25) is 0 Å². The molecule has 2 rings (SSSR count). The number of H-pyrrole nitrogens is 1. The van der Waals surface area contributed by atoms with Gasteiger partial charge in [-0.1, -0.05) is 12.1 Å². The number of aliphatic hydroxyl groups excluding tert-OH is 1. The van der Waals surface area contributed by atoms with E-state index in [0.717, 1.165) is 16.5 Å². The molecule has 0 aliphatic rings. The van der Waals surface area contributed by atoms with Gasteiger partial charge >= 0.3 is 0 Å². The van der Waals surface area contributed by atoms with Gasteiger partial charge in [0.1, 0.15) is 0 Å². The molecule has 1 aromatic carbocycles. The van der Waals surface area contributed by atoms with Crippen molar-refractivity contribution in [3.8, 4) is 0 Å². The zero-order valence-corrected chi connectivity index (χ0v) is 9.29. The van der Waals surface area contributed by atoms with E-state index < -0.39 is 6.10 Å². The molecule has 3 nitrogen and oxygen atoms in total. The predicted octanol–water partition coefficient (Wildman–Crippen LogP) is 1.97. The van der Waals surface area contributed by atoms with E-state index in [1.807, 2.05) is 30.5 Å².